The fourth-order valence-corrected chi connectivity index (χ4v) is 2.74. The van der Waals surface area contributed by atoms with Crippen LogP contribution in [0.15, 0.2) is 24.4 Å². The monoisotopic (exact) mass is 232 g/mol. The number of hydrogen-bond donors (Lipinski definition) is 1. The first-order valence-corrected chi connectivity index (χ1v) is 6.21. The van der Waals surface area contributed by atoms with Crippen molar-refractivity contribution in [2.24, 2.45) is 7.05 Å². The number of nitrogens with one attached hydrogen (secondary N) is 1. The fourth-order valence-electron chi connectivity index (χ4n) is 2.74. The van der Waals surface area contributed by atoms with Crippen LogP contribution in [0, 0.1) is 5.82 Å². The number of halogens is 1. The topological polar surface area (TPSA) is 17.0 Å². The smallest absolute Gasteiger partial charge is 0.132 e. The van der Waals surface area contributed by atoms with Crippen molar-refractivity contribution in [1.29, 1.82) is 0 Å². The Morgan fingerprint density at radius 3 is 2.82 bits per heavy atom. The van der Waals surface area contributed by atoms with Crippen LogP contribution in [0.1, 0.15) is 24.3 Å². The lowest BCUT2D eigenvalue weighted by Crippen LogP contribution is -2.26. The molecule has 0 aliphatic carbocycles. The van der Waals surface area contributed by atoms with E-state index in [9.17, 15) is 4.39 Å². The summed E-state index contributed by atoms with van der Waals surface area (Å²) in [6.07, 6.45) is 4.13. The highest BCUT2D eigenvalue weighted by atomic mass is 19.1. The van der Waals surface area contributed by atoms with E-state index in [1.165, 1.54) is 0 Å². The number of rotatable bonds is 1. The van der Waals surface area contributed by atoms with E-state index in [1.807, 2.05) is 23.9 Å². The van der Waals surface area contributed by atoms with Crippen molar-refractivity contribution in [3.8, 4) is 0 Å². The van der Waals surface area contributed by atoms with Crippen molar-refractivity contribution < 1.29 is 4.39 Å². The van der Waals surface area contributed by atoms with Crippen molar-refractivity contribution >= 4 is 10.9 Å². The van der Waals surface area contributed by atoms with Crippen LogP contribution in [-0.4, -0.2) is 17.7 Å². The van der Waals surface area contributed by atoms with Crippen molar-refractivity contribution in [2.45, 2.75) is 18.8 Å². The highest BCUT2D eigenvalue weighted by Crippen LogP contribution is 2.29. The van der Waals surface area contributed by atoms with E-state index in [0.717, 1.165) is 42.4 Å². The molecule has 2 aromatic rings. The van der Waals surface area contributed by atoms with E-state index >= 15 is 0 Å². The molecule has 0 radical (unpaired) electrons. The second kappa shape index (κ2) is 4.15. The van der Waals surface area contributed by atoms with Gasteiger partial charge in [-0.15, -0.1) is 0 Å². The van der Waals surface area contributed by atoms with Gasteiger partial charge in [0.2, 0.25) is 0 Å². The van der Waals surface area contributed by atoms with Gasteiger partial charge in [-0.3, -0.25) is 0 Å². The molecule has 1 saturated heterocycles. The minimum atomic E-state index is -0.0865. The summed E-state index contributed by atoms with van der Waals surface area (Å²) in [7, 11) is 1.97. The molecule has 1 aliphatic heterocycles. The van der Waals surface area contributed by atoms with Gasteiger partial charge in [0, 0.05) is 18.6 Å². The Balaban J connectivity index is 2.07. The molecule has 1 fully saturated rings. The maximum Gasteiger partial charge on any atom is 0.132 e. The van der Waals surface area contributed by atoms with Crippen LogP contribution in [0.3, 0.4) is 0 Å². The molecule has 90 valence electrons. The first-order valence-electron chi connectivity index (χ1n) is 6.21. The average Bonchev–Trinajstić information content (AvgIpc) is 2.73. The van der Waals surface area contributed by atoms with Gasteiger partial charge < -0.3 is 9.88 Å². The Morgan fingerprint density at radius 2 is 2.06 bits per heavy atom. The molecule has 1 N–H and O–H groups in total. The molecule has 3 heteroatoms. The summed E-state index contributed by atoms with van der Waals surface area (Å²) in [5.41, 5.74) is 2.15. The predicted octanol–water partition coefficient (Wildman–Crippen LogP) is 2.78. The van der Waals surface area contributed by atoms with E-state index in [2.05, 4.69) is 11.4 Å². The summed E-state index contributed by atoms with van der Waals surface area (Å²) in [4.78, 5) is 0. The van der Waals surface area contributed by atoms with Gasteiger partial charge in [-0.05, 0) is 55.6 Å². The normalized spacial score (nSPS) is 17.8. The molecular formula is C14H17FN2. The second-order valence-corrected chi connectivity index (χ2v) is 4.89. The summed E-state index contributed by atoms with van der Waals surface area (Å²) in [6, 6.07) is 5.71. The van der Waals surface area contributed by atoms with Gasteiger partial charge in [-0.1, -0.05) is 0 Å². The number of aromatic nitrogens is 1. The SMILES string of the molecule is Cn1ccc2c(F)cc(C3CCNCC3)cc21. The number of benzene rings is 1. The van der Waals surface area contributed by atoms with E-state index < -0.39 is 0 Å². The molecule has 0 saturated carbocycles. The summed E-state index contributed by atoms with van der Waals surface area (Å²) in [6.45, 7) is 2.08. The summed E-state index contributed by atoms with van der Waals surface area (Å²) in [5, 5.41) is 4.07. The lowest BCUT2D eigenvalue weighted by molar-refractivity contribution is 0.459. The van der Waals surface area contributed by atoms with Crippen LogP contribution < -0.4 is 5.32 Å². The Morgan fingerprint density at radius 1 is 1.29 bits per heavy atom. The van der Waals surface area contributed by atoms with Crippen molar-refractivity contribution in [3.05, 3.63) is 35.8 Å². The van der Waals surface area contributed by atoms with Crippen molar-refractivity contribution in [2.75, 3.05) is 13.1 Å². The zero-order chi connectivity index (χ0) is 11.8. The van der Waals surface area contributed by atoms with Gasteiger partial charge in [0.1, 0.15) is 5.82 Å². The Labute approximate surface area is 100 Å². The van der Waals surface area contributed by atoms with Crippen LogP contribution in [0.2, 0.25) is 0 Å². The lowest BCUT2D eigenvalue weighted by atomic mass is 9.90. The second-order valence-electron chi connectivity index (χ2n) is 4.89. The largest absolute Gasteiger partial charge is 0.350 e. The van der Waals surface area contributed by atoms with Gasteiger partial charge in [0.25, 0.3) is 0 Å². The molecule has 1 aromatic carbocycles. The number of nitrogens with zero attached hydrogens (tertiary/aromatic N) is 1. The average molecular weight is 232 g/mol. The number of aryl methyl sites for hydroxylation is 1. The third-order valence-electron chi connectivity index (χ3n) is 3.79. The Kier molecular flexibility index (Phi) is 2.63. The van der Waals surface area contributed by atoms with E-state index in [1.54, 1.807) is 6.07 Å². The van der Waals surface area contributed by atoms with Crippen molar-refractivity contribution in [3.63, 3.8) is 0 Å². The van der Waals surface area contributed by atoms with E-state index in [-0.39, 0.29) is 5.82 Å². The van der Waals surface area contributed by atoms with Crippen LogP contribution in [0.25, 0.3) is 10.9 Å². The minimum absolute atomic E-state index is 0.0865. The molecule has 0 unspecified atom stereocenters. The van der Waals surface area contributed by atoms with Crippen LogP contribution in [-0.2, 0) is 7.05 Å². The molecule has 0 amide bonds. The van der Waals surface area contributed by atoms with Crippen LogP contribution in [0.4, 0.5) is 4.39 Å². The van der Waals surface area contributed by atoms with Crippen molar-refractivity contribution in [1.82, 2.24) is 9.88 Å². The first kappa shape index (κ1) is 10.8. The maximum atomic E-state index is 14.0. The summed E-state index contributed by atoms with van der Waals surface area (Å²) < 4.78 is 16.0. The summed E-state index contributed by atoms with van der Waals surface area (Å²) >= 11 is 0. The highest BCUT2D eigenvalue weighted by Gasteiger charge is 2.17. The minimum Gasteiger partial charge on any atom is -0.350 e. The molecule has 2 nitrogen and oxygen atoms in total. The molecule has 0 atom stereocenters. The summed E-state index contributed by atoms with van der Waals surface area (Å²) in [5.74, 6) is 0.418. The van der Waals surface area contributed by atoms with Crippen LogP contribution in [0.5, 0.6) is 0 Å². The highest BCUT2D eigenvalue weighted by molar-refractivity contribution is 5.81. The Hall–Kier alpha value is -1.35. The van der Waals surface area contributed by atoms with Gasteiger partial charge in [0.15, 0.2) is 0 Å². The molecular weight excluding hydrogens is 215 g/mol. The fraction of sp³-hybridized carbons (Fsp3) is 0.429. The molecule has 17 heavy (non-hydrogen) atoms. The van der Waals surface area contributed by atoms with Gasteiger partial charge in [-0.2, -0.15) is 0 Å². The predicted molar refractivity (Wildman–Crippen MR) is 67.7 cm³/mol. The molecule has 0 spiro atoms. The standard InChI is InChI=1S/C14H17FN2/c1-17-7-4-12-13(15)8-11(9-14(12)17)10-2-5-16-6-3-10/h4,7-10,16H,2-3,5-6H2,1H3. The molecule has 0 bridgehead atoms. The lowest BCUT2D eigenvalue weighted by Gasteiger charge is -2.23. The molecule has 3 rings (SSSR count). The molecule has 2 heterocycles. The quantitative estimate of drug-likeness (QED) is 0.800. The van der Waals surface area contributed by atoms with Crippen LogP contribution >= 0.6 is 0 Å². The zero-order valence-electron chi connectivity index (χ0n) is 10.0. The third kappa shape index (κ3) is 1.84. The molecule has 1 aliphatic rings. The number of fused-ring (bicyclic) bond motifs is 1. The number of piperidine rings is 1. The van der Waals surface area contributed by atoms with Gasteiger partial charge >= 0.3 is 0 Å². The first-order chi connectivity index (χ1) is 8.25. The van der Waals surface area contributed by atoms with Gasteiger partial charge in [0.05, 0.1) is 5.52 Å². The maximum absolute atomic E-state index is 14.0. The van der Waals surface area contributed by atoms with Gasteiger partial charge in [-0.25, -0.2) is 4.39 Å². The number of hydrogen-bond acceptors (Lipinski definition) is 1. The molecule has 1 aromatic heterocycles. The zero-order valence-corrected chi connectivity index (χ0v) is 10.0. The van der Waals surface area contributed by atoms with E-state index in [0.29, 0.717) is 5.92 Å². The van der Waals surface area contributed by atoms with E-state index in [4.69, 9.17) is 0 Å². The third-order valence-corrected chi connectivity index (χ3v) is 3.79. The Bertz CT molecular complexity index is 538.